The van der Waals surface area contributed by atoms with Crippen LogP contribution in [0.25, 0.3) is 0 Å². The van der Waals surface area contributed by atoms with Gasteiger partial charge in [-0.3, -0.25) is 0 Å². The first kappa shape index (κ1) is 26.1. The molecule has 0 aliphatic rings. The molecule has 1 aromatic carbocycles. The third-order valence-corrected chi connectivity index (χ3v) is 5.36. The number of rotatable bonds is 10. The third-order valence-electron chi connectivity index (χ3n) is 3.98. The zero-order chi connectivity index (χ0) is 19.6. The van der Waals surface area contributed by atoms with E-state index in [1.165, 1.54) is 10.6 Å². The monoisotopic (exact) mass is 512 g/mol. The quantitative estimate of drug-likeness (QED) is 0.192. The van der Waals surface area contributed by atoms with E-state index in [9.17, 15) is 13.5 Å². The molecule has 9 heteroatoms. The highest BCUT2D eigenvalue weighted by molar-refractivity contribution is 14.0. The molecule has 1 atom stereocenters. The predicted octanol–water partition coefficient (Wildman–Crippen LogP) is 1.74. The molecule has 27 heavy (non-hydrogen) atoms. The first-order valence-corrected chi connectivity index (χ1v) is 10.8. The lowest BCUT2D eigenvalue weighted by molar-refractivity contribution is 0.0672. The summed E-state index contributed by atoms with van der Waals surface area (Å²) in [6.45, 7) is 7.96. The van der Waals surface area contributed by atoms with Crippen LogP contribution in [0.5, 0.6) is 0 Å². The van der Waals surface area contributed by atoms with Gasteiger partial charge in [-0.25, -0.2) is 17.7 Å². The lowest BCUT2D eigenvalue weighted by atomic mass is 9.96. The van der Waals surface area contributed by atoms with Crippen molar-refractivity contribution in [1.29, 1.82) is 0 Å². The topological polar surface area (TPSA) is 94.0 Å². The van der Waals surface area contributed by atoms with Crippen LogP contribution in [-0.4, -0.2) is 62.8 Å². The third kappa shape index (κ3) is 9.72. The molecule has 7 nitrogen and oxygen atoms in total. The SMILES string of the molecule is CCNC(=NCC(C)(O)c1ccccc1)NCCCN(CC)S(C)(=O)=O.I. The summed E-state index contributed by atoms with van der Waals surface area (Å²) < 4.78 is 24.6. The number of halogens is 1. The largest absolute Gasteiger partial charge is 0.384 e. The van der Waals surface area contributed by atoms with Crippen LogP contribution in [0.4, 0.5) is 0 Å². The van der Waals surface area contributed by atoms with E-state index in [0.29, 0.717) is 38.6 Å². The Morgan fingerprint density at radius 3 is 2.37 bits per heavy atom. The van der Waals surface area contributed by atoms with Crippen LogP contribution in [0.15, 0.2) is 35.3 Å². The van der Waals surface area contributed by atoms with Crippen molar-refractivity contribution in [2.75, 3.05) is 39.0 Å². The molecule has 0 bridgehead atoms. The van der Waals surface area contributed by atoms with Crippen LogP contribution in [0, 0.1) is 0 Å². The first-order chi connectivity index (χ1) is 12.2. The Hall–Kier alpha value is -0.910. The van der Waals surface area contributed by atoms with Crippen molar-refractivity contribution in [3.8, 4) is 0 Å². The zero-order valence-electron chi connectivity index (χ0n) is 16.6. The van der Waals surface area contributed by atoms with Crippen molar-refractivity contribution in [2.45, 2.75) is 32.8 Å². The van der Waals surface area contributed by atoms with Crippen molar-refractivity contribution in [2.24, 2.45) is 4.99 Å². The molecule has 1 aromatic rings. The molecule has 0 saturated carbocycles. The molecular weight excluding hydrogens is 479 g/mol. The summed E-state index contributed by atoms with van der Waals surface area (Å²) in [5.74, 6) is 0.603. The summed E-state index contributed by atoms with van der Waals surface area (Å²) in [5.41, 5.74) is -0.245. The Bertz CT molecular complexity index is 666. The van der Waals surface area contributed by atoms with E-state index >= 15 is 0 Å². The maximum Gasteiger partial charge on any atom is 0.211 e. The number of nitrogens with one attached hydrogen (secondary N) is 2. The molecule has 0 aromatic heterocycles. The van der Waals surface area contributed by atoms with E-state index in [-0.39, 0.29) is 30.5 Å². The fraction of sp³-hybridized carbons (Fsp3) is 0.611. The van der Waals surface area contributed by atoms with Crippen LogP contribution >= 0.6 is 24.0 Å². The maximum absolute atomic E-state index is 11.6. The number of benzene rings is 1. The zero-order valence-corrected chi connectivity index (χ0v) is 19.8. The predicted molar refractivity (Wildman–Crippen MR) is 122 cm³/mol. The molecule has 0 amide bonds. The molecule has 1 rings (SSSR count). The summed E-state index contributed by atoms with van der Waals surface area (Å²) in [6.07, 6.45) is 1.89. The Labute approximate surface area is 180 Å². The maximum atomic E-state index is 11.6. The van der Waals surface area contributed by atoms with Crippen LogP contribution < -0.4 is 10.6 Å². The normalized spacial score (nSPS) is 14.4. The molecular formula is C18H33IN4O3S. The van der Waals surface area contributed by atoms with Gasteiger partial charge in [0.15, 0.2) is 5.96 Å². The van der Waals surface area contributed by atoms with Gasteiger partial charge in [-0.1, -0.05) is 37.3 Å². The standard InChI is InChI=1S/C18H32N4O3S.HI/c1-5-19-17(20-13-10-14-22(6-2)26(4,24)25)21-15-18(3,23)16-11-8-7-9-12-16;/h7-9,11-12,23H,5-6,10,13-15H2,1-4H3,(H2,19,20,21);1H. The average molecular weight is 512 g/mol. The van der Waals surface area contributed by atoms with Gasteiger partial charge < -0.3 is 15.7 Å². The number of sulfonamides is 1. The second kappa shape index (κ2) is 12.5. The van der Waals surface area contributed by atoms with Gasteiger partial charge in [-0.05, 0) is 25.8 Å². The molecule has 156 valence electrons. The van der Waals surface area contributed by atoms with Gasteiger partial charge >= 0.3 is 0 Å². The molecule has 0 radical (unpaired) electrons. The van der Waals surface area contributed by atoms with Gasteiger partial charge in [0.2, 0.25) is 10.0 Å². The van der Waals surface area contributed by atoms with E-state index in [4.69, 9.17) is 0 Å². The molecule has 3 N–H and O–H groups in total. The smallest absolute Gasteiger partial charge is 0.211 e. The van der Waals surface area contributed by atoms with Gasteiger partial charge in [0.25, 0.3) is 0 Å². The summed E-state index contributed by atoms with van der Waals surface area (Å²) in [6, 6.07) is 9.43. The minimum Gasteiger partial charge on any atom is -0.384 e. The van der Waals surface area contributed by atoms with Crippen LogP contribution in [0.1, 0.15) is 32.8 Å². The van der Waals surface area contributed by atoms with Gasteiger partial charge in [-0.2, -0.15) is 0 Å². The Morgan fingerprint density at radius 1 is 1.22 bits per heavy atom. The molecule has 1 unspecified atom stereocenters. The molecule has 0 fully saturated rings. The highest BCUT2D eigenvalue weighted by Crippen LogP contribution is 2.20. The minimum atomic E-state index is -3.16. The number of hydrogen-bond acceptors (Lipinski definition) is 4. The Kier molecular flexibility index (Phi) is 12.1. The lowest BCUT2D eigenvalue weighted by Gasteiger charge is -2.22. The van der Waals surface area contributed by atoms with Crippen molar-refractivity contribution in [3.05, 3.63) is 35.9 Å². The number of aliphatic imine (C=N–C) groups is 1. The summed E-state index contributed by atoms with van der Waals surface area (Å²) in [4.78, 5) is 4.46. The Balaban J connectivity index is 0.00000676. The number of guanidine groups is 1. The second-order valence-corrected chi connectivity index (χ2v) is 8.35. The highest BCUT2D eigenvalue weighted by atomic mass is 127. The lowest BCUT2D eigenvalue weighted by Crippen LogP contribution is -2.40. The van der Waals surface area contributed by atoms with Crippen molar-refractivity contribution in [3.63, 3.8) is 0 Å². The first-order valence-electron chi connectivity index (χ1n) is 8.96. The van der Waals surface area contributed by atoms with E-state index in [0.717, 1.165) is 5.56 Å². The number of nitrogens with zero attached hydrogens (tertiary/aromatic N) is 2. The fourth-order valence-corrected chi connectivity index (χ4v) is 3.41. The van der Waals surface area contributed by atoms with Crippen molar-refractivity contribution in [1.82, 2.24) is 14.9 Å². The summed E-state index contributed by atoms with van der Waals surface area (Å²) in [7, 11) is -3.16. The molecule has 0 aliphatic heterocycles. The van der Waals surface area contributed by atoms with Crippen molar-refractivity contribution < 1.29 is 13.5 Å². The second-order valence-electron chi connectivity index (χ2n) is 6.37. The van der Waals surface area contributed by atoms with Crippen LogP contribution in [-0.2, 0) is 15.6 Å². The summed E-state index contributed by atoms with van der Waals surface area (Å²) in [5, 5.41) is 16.9. The molecule has 0 saturated heterocycles. The van der Waals surface area contributed by atoms with Gasteiger partial charge in [0.1, 0.15) is 5.60 Å². The molecule has 0 heterocycles. The Morgan fingerprint density at radius 2 is 1.85 bits per heavy atom. The van der Waals surface area contributed by atoms with Gasteiger partial charge in [-0.15, -0.1) is 24.0 Å². The van der Waals surface area contributed by atoms with Crippen LogP contribution in [0.3, 0.4) is 0 Å². The molecule has 0 spiro atoms. The van der Waals surface area contributed by atoms with Gasteiger partial charge in [0, 0.05) is 26.2 Å². The van der Waals surface area contributed by atoms with Gasteiger partial charge in [0.05, 0.1) is 12.8 Å². The number of hydrogen-bond donors (Lipinski definition) is 3. The minimum absolute atomic E-state index is 0. The fourth-order valence-electron chi connectivity index (χ4n) is 2.48. The van der Waals surface area contributed by atoms with E-state index < -0.39 is 15.6 Å². The number of aliphatic hydroxyl groups is 1. The van der Waals surface area contributed by atoms with E-state index in [1.54, 1.807) is 6.92 Å². The molecule has 0 aliphatic carbocycles. The van der Waals surface area contributed by atoms with E-state index in [2.05, 4.69) is 15.6 Å². The van der Waals surface area contributed by atoms with E-state index in [1.807, 2.05) is 44.2 Å². The average Bonchev–Trinajstić information content (AvgIpc) is 2.59. The van der Waals surface area contributed by atoms with Crippen LogP contribution in [0.2, 0.25) is 0 Å². The highest BCUT2D eigenvalue weighted by Gasteiger charge is 2.22. The summed E-state index contributed by atoms with van der Waals surface area (Å²) >= 11 is 0. The van der Waals surface area contributed by atoms with Crippen molar-refractivity contribution >= 4 is 40.0 Å².